The summed E-state index contributed by atoms with van der Waals surface area (Å²) in [5.41, 5.74) is 1.95. The third-order valence-corrected chi connectivity index (χ3v) is 5.23. The van der Waals surface area contributed by atoms with E-state index in [1.807, 2.05) is 30.3 Å². The van der Waals surface area contributed by atoms with Gasteiger partial charge in [0.25, 0.3) is 5.91 Å². The molecule has 1 aliphatic rings. The number of nitrogens with zero attached hydrogens (tertiary/aromatic N) is 2. The highest BCUT2D eigenvalue weighted by atomic mass is 16.5. The zero-order valence-corrected chi connectivity index (χ0v) is 16.7. The maximum absolute atomic E-state index is 12.9. The van der Waals surface area contributed by atoms with Crippen molar-refractivity contribution in [3.8, 4) is 0 Å². The van der Waals surface area contributed by atoms with Crippen molar-refractivity contribution in [2.24, 2.45) is 0 Å². The molecule has 0 radical (unpaired) electrons. The van der Waals surface area contributed by atoms with Gasteiger partial charge in [-0.2, -0.15) is 0 Å². The normalized spacial score (nSPS) is 14.6. The number of fused-ring (bicyclic) bond motifs is 1. The van der Waals surface area contributed by atoms with Gasteiger partial charge < -0.3 is 19.0 Å². The van der Waals surface area contributed by atoms with Crippen molar-refractivity contribution in [1.82, 2.24) is 9.80 Å². The van der Waals surface area contributed by atoms with E-state index >= 15 is 0 Å². The molecule has 1 aliphatic heterocycles. The monoisotopic (exact) mass is 406 g/mol. The fraction of sp³-hybridized carbons (Fsp3) is 0.261. The first-order valence-corrected chi connectivity index (χ1v) is 9.78. The molecule has 3 aromatic rings. The SMILES string of the molecule is COC(=O)c1cccc(CN2CCN(C(=O)c3cc4ccccc4o3)CCC2=O)c1. The van der Waals surface area contributed by atoms with Gasteiger partial charge in [0.1, 0.15) is 5.58 Å². The minimum absolute atomic E-state index is 0.0293. The first kappa shape index (κ1) is 19.7. The zero-order valence-electron chi connectivity index (χ0n) is 16.7. The molecule has 0 saturated carbocycles. The highest BCUT2D eigenvalue weighted by Gasteiger charge is 2.26. The summed E-state index contributed by atoms with van der Waals surface area (Å²) in [5.74, 6) is -0.378. The van der Waals surface area contributed by atoms with Crippen molar-refractivity contribution in [3.63, 3.8) is 0 Å². The molecule has 7 nitrogen and oxygen atoms in total. The van der Waals surface area contributed by atoms with Gasteiger partial charge in [-0.3, -0.25) is 9.59 Å². The number of furan rings is 1. The number of rotatable bonds is 4. The Bertz CT molecular complexity index is 1070. The Labute approximate surface area is 173 Å². The number of carbonyl (C=O) groups is 3. The van der Waals surface area contributed by atoms with Crippen molar-refractivity contribution in [1.29, 1.82) is 0 Å². The average molecular weight is 406 g/mol. The number of esters is 1. The molecule has 0 atom stereocenters. The van der Waals surface area contributed by atoms with Crippen LogP contribution in [-0.4, -0.2) is 54.3 Å². The van der Waals surface area contributed by atoms with Gasteiger partial charge in [0, 0.05) is 38.0 Å². The van der Waals surface area contributed by atoms with E-state index in [9.17, 15) is 14.4 Å². The maximum Gasteiger partial charge on any atom is 0.337 e. The lowest BCUT2D eigenvalue weighted by Gasteiger charge is -2.22. The second-order valence-corrected chi connectivity index (χ2v) is 7.20. The fourth-order valence-electron chi connectivity index (χ4n) is 3.61. The number of amides is 2. The number of hydrogen-bond donors (Lipinski definition) is 0. The zero-order chi connectivity index (χ0) is 21.1. The molecule has 4 rings (SSSR count). The largest absolute Gasteiger partial charge is 0.465 e. The van der Waals surface area contributed by atoms with E-state index in [0.29, 0.717) is 37.3 Å². The first-order valence-electron chi connectivity index (χ1n) is 9.78. The predicted molar refractivity (Wildman–Crippen MR) is 110 cm³/mol. The molecule has 1 saturated heterocycles. The van der Waals surface area contributed by atoms with Gasteiger partial charge in [-0.05, 0) is 29.8 Å². The summed E-state index contributed by atoms with van der Waals surface area (Å²) in [6.45, 7) is 1.54. The van der Waals surface area contributed by atoms with Gasteiger partial charge in [-0.25, -0.2) is 4.79 Å². The van der Waals surface area contributed by atoms with Crippen LogP contribution >= 0.6 is 0 Å². The van der Waals surface area contributed by atoms with E-state index in [2.05, 4.69) is 0 Å². The summed E-state index contributed by atoms with van der Waals surface area (Å²) in [7, 11) is 1.33. The van der Waals surface area contributed by atoms with Crippen LogP contribution in [0.3, 0.4) is 0 Å². The van der Waals surface area contributed by atoms with Gasteiger partial charge in [-0.1, -0.05) is 30.3 Å². The number of carbonyl (C=O) groups excluding carboxylic acids is 3. The Morgan fingerprint density at radius 1 is 1.03 bits per heavy atom. The van der Waals surface area contributed by atoms with Crippen molar-refractivity contribution >= 4 is 28.8 Å². The highest BCUT2D eigenvalue weighted by Crippen LogP contribution is 2.21. The minimum atomic E-state index is -0.415. The third-order valence-electron chi connectivity index (χ3n) is 5.23. The lowest BCUT2D eigenvalue weighted by Crippen LogP contribution is -2.35. The lowest BCUT2D eigenvalue weighted by molar-refractivity contribution is -0.130. The first-order chi connectivity index (χ1) is 14.5. The molecule has 30 heavy (non-hydrogen) atoms. The second-order valence-electron chi connectivity index (χ2n) is 7.20. The summed E-state index contributed by atoms with van der Waals surface area (Å²) >= 11 is 0. The van der Waals surface area contributed by atoms with Crippen LogP contribution in [-0.2, 0) is 16.1 Å². The van der Waals surface area contributed by atoms with Crippen LogP contribution in [0.4, 0.5) is 0 Å². The van der Waals surface area contributed by atoms with Gasteiger partial charge in [-0.15, -0.1) is 0 Å². The topological polar surface area (TPSA) is 80.1 Å². The quantitative estimate of drug-likeness (QED) is 0.622. The Hall–Kier alpha value is -3.61. The second kappa shape index (κ2) is 8.41. The van der Waals surface area contributed by atoms with Crippen LogP contribution in [0.2, 0.25) is 0 Å². The predicted octanol–water partition coefficient (Wildman–Crippen LogP) is 3.09. The standard InChI is InChI=1S/C23H22N2O5/c1-29-23(28)18-7-4-5-16(13-18)15-25-12-11-24(10-9-21(25)26)22(27)20-14-17-6-2-3-8-19(17)30-20/h2-8,13-14H,9-12,15H2,1H3. The molecule has 2 aromatic carbocycles. The van der Waals surface area contributed by atoms with Gasteiger partial charge in [0.2, 0.25) is 5.91 Å². The summed E-state index contributed by atoms with van der Waals surface area (Å²) < 4.78 is 10.4. The van der Waals surface area contributed by atoms with Crippen molar-refractivity contribution in [2.45, 2.75) is 13.0 Å². The molecular weight excluding hydrogens is 384 g/mol. The summed E-state index contributed by atoms with van der Waals surface area (Å²) in [6, 6.07) is 16.2. The molecule has 1 aromatic heterocycles. The molecule has 2 amide bonds. The maximum atomic E-state index is 12.9. The average Bonchev–Trinajstić information content (AvgIpc) is 3.13. The molecule has 0 aliphatic carbocycles. The van der Waals surface area contributed by atoms with Crippen molar-refractivity contribution < 1.29 is 23.5 Å². The van der Waals surface area contributed by atoms with Gasteiger partial charge >= 0.3 is 5.97 Å². The van der Waals surface area contributed by atoms with E-state index in [1.165, 1.54) is 7.11 Å². The van der Waals surface area contributed by atoms with Crippen LogP contribution in [0, 0.1) is 0 Å². The van der Waals surface area contributed by atoms with E-state index in [0.717, 1.165) is 10.9 Å². The molecule has 1 fully saturated rings. The van der Waals surface area contributed by atoms with Crippen LogP contribution in [0.5, 0.6) is 0 Å². The van der Waals surface area contributed by atoms with E-state index in [4.69, 9.17) is 9.15 Å². The van der Waals surface area contributed by atoms with E-state index in [1.54, 1.807) is 34.1 Å². The fourth-order valence-corrected chi connectivity index (χ4v) is 3.61. The number of hydrogen-bond acceptors (Lipinski definition) is 5. The summed E-state index contributed by atoms with van der Waals surface area (Å²) in [4.78, 5) is 40.6. The number of ether oxygens (including phenoxy) is 1. The molecule has 2 heterocycles. The molecule has 0 N–H and O–H groups in total. The molecule has 0 unspecified atom stereocenters. The van der Waals surface area contributed by atoms with E-state index in [-0.39, 0.29) is 24.0 Å². The summed E-state index contributed by atoms with van der Waals surface area (Å²) in [5, 5.41) is 0.874. The van der Waals surface area contributed by atoms with Gasteiger partial charge in [0.15, 0.2) is 5.76 Å². The molecule has 154 valence electrons. The van der Waals surface area contributed by atoms with Crippen molar-refractivity contribution in [2.75, 3.05) is 26.7 Å². The third kappa shape index (κ3) is 4.05. The van der Waals surface area contributed by atoms with Crippen LogP contribution in [0.25, 0.3) is 11.0 Å². The Morgan fingerprint density at radius 2 is 1.87 bits per heavy atom. The molecule has 7 heteroatoms. The Kier molecular flexibility index (Phi) is 5.52. The number of para-hydroxylation sites is 1. The smallest absolute Gasteiger partial charge is 0.337 e. The van der Waals surface area contributed by atoms with Crippen LogP contribution in [0.15, 0.2) is 59.0 Å². The summed E-state index contributed by atoms with van der Waals surface area (Å²) in [6.07, 6.45) is 0.239. The minimum Gasteiger partial charge on any atom is -0.465 e. The Morgan fingerprint density at radius 3 is 2.67 bits per heavy atom. The van der Waals surface area contributed by atoms with E-state index < -0.39 is 5.97 Å². The van der Waals surface area contributed by atoms with Crippen LogP contribution < -0.4 is 0 Å². The molecule has 0 spiro atoms. The van der Waals surface area contributed by atoms with Crippen molar-refractivity contribution in [3.05, 3.63) is 71.5 Å². The Balaban J connectivity index is 1.45. The van der Waals surface area contributed by atoms with Crippen LogP contribution in [0.1, 0.15) is 32.9 Å². The molecule has 0 bridgehead atoms. The molecular formula is C23H22N2O5. The van der Waals surface area contributed by atoms with Gasteiger partial charge in [0.05, 0.1) is 12.7 Å². The number of benzene rings is 2. The number of methoxy groups -OCH3 is 1. The lowest BCUT2D eigenvalue weighted by atomic mass is 10.1. The highest BCUT2D eigenvalue weighted by molar-refractivity contribution is 5.96.